The maximum absolute atomic E-state index is 12.5. The largest absolute Gasteiger partial charge is 0.340 e. The highest BCUT2D eigenvalue weighted by Gasteiger charge is 2.45. The molecule has 0 spiro atoms. The number of hydrogen-bond donors (Lipinski definition) is 0. The predicted molar refractivity (Wildman–Crippen MR) is 85.6 cm³/mol. The molecule has 0 unspecified atom stereocenters. The van der Waals surface area contributed by atoms with E-state index in [1.165, 1.54) is 5.56 Å². The average Bonchev–Trinajstić information content (AvgIpc) is 3.15. The smallest absolute Gasteiger partial charge is 0.226 e. The zero-order chi connectivity index (χ0) is 15.0. The Kier molecular flexibility index (Phi) is 4.00. The molecule has 0 bridgehead atoms. The van der Waals surface area contributed by atoms with Crippen molar-refractivity contribution >= 4 is 28.8 Å². The van der Waals surface area contributed by atoms with Gasteiger partial charge in [-0.25, -0.2) is 4.98 Å². The van der Waals surface area contributed by atoms with Crippen LogP contribution in [0.15, 0.2) is 30.5 Å². The number of amides is 1. The van der Waals surface area contributed by atoms with Gasteiger partial charge in [0, 0.05) is 29.1 Å². The van der Waals surface area contributed by atoms with Gasteiger partial charge in [-0.2, -0.15) is 0 Å². The predicted octanol–water partition coefficient (Wildman–Crippen LogP) is 3.87. The monoisotopic (exact) mass is 320 g/mol. The van der Waals surface area contributed by atoms with Gasteiger partial charge in [-0.3, -0.25) is 4.79 Å². The van der Waals surface area contributed by atoms with Crippen LogP contribution in [-0.4, -0.2) is 22.8 Å². The van der Waals surface area contributed by atoms with E-state index in [2.05, 4.69) is 11.1 Å². The van der Waals surface area contributed by atoms with Gasteiger partial charge >= 0.3 is 0 Å². The van der Waals surface area contributed by atoms with Crippen LogP contribution >= 0.6 is 22.9 Å². The number of benzene rings is 1. The molecule has 110 valence electrons. The maximum Gasteiger partial charge on any atom is 0.226 e. The molecule has 2 atom stereocenters. The number of aryl methyl sites for hydroxylation is 1. The number of carbonyl (C=O) groups excluding carboxylic acids is 1. The maximum atomic E-state index is 12.5. The molecule has 1 fully saturated rings. The molecular formula is C16H17ClN2OS. The van der Waals surface area contributed by atoms with E-state index in [0.29, 0.717) is 12.5 Å². The Balaban J connectivity index is 1.62. The summed E-state index contributed by atoms with van der Waals surface area (Å²) in [6.07, 6.45) is 2.77. The van der Waals surface area contributed by atoms with Gasteiger partial charge in [-0.15, -0.1) is 11.3 Å². The Labute approximate surface area is 133 Å². The van der Waals surface area contributed by atoms with E-state index in [-0.39, 0.29) is 11.8 Å². The molecule has 3 nitrogen and oxygen atoms in total. The number of aromatic nitrogens is 1. The Morgan fingerprint density at radius 3 is 3.00 bits per heavy atom. The molecule has 1 aliphatic carbocycles. The van der Waals surface area contributed by atoms with Crippen molar-refractivity contribution in [1.29, 1.82) is 0 Å². The summed E-state index contributed by atoms with van der Waals surface area (Å²) in [5, 5.41) is 1.77. The molecule has 1 aliphatic rings. The number of hydrogen-bond acceptors (Lipinski definition) is 3. The highest BCUT2D eigenvalue weighted by Crippen LogP contribution is 2.48. The summed E-state index contributed by atoms with van der Waals surface area (Å²) >= 11 is 7.66. The normalized spacial score (nSPS) is 20.3. The van der Waals surface area contributed by atoms with Crippen LogP contribution in [0.4, 0.5) is 0 Å². The molecule has 1 aromatic heterocycles. The second-order valence-corrected chi connectivity index (χ2v) is 7.30. The van der Waals surface area contributed by atoms with Crippen LogP contribution in [-0.2, 0) is 11.3 Å². The topological polar surface area (TPSA) is 33.2 Å². The molecule has 1 aromatic carbocycles. The van der Waals surface area contributed by atoms with Gasteiger partial charge in [-0.1, -0.05) is 23.7 Å². The SMILES string of the molecule is Cc1ncc(CN(C)C(=O)[C@@H]2C[C@@H]2c2cccc(Cl)c2)s1. The van der Waals surface area contributed by atoms with Gasteiger partial charge in [0.15, 0.2) is 0 Å². The number of halogens is 1. The van der Waals surface area contributed by atoms with Crippen molar-refractivity contribution in [3.8, 4) is 0 Å². The van der Waals surface area contributed by atoms with Crippen molar-refractivity contribution in [2.75, 3.05) is 7.05 Å². The minimum absolute atomic E-state index is 0.0995. The van der Waals surface area contributed by atoms with Crippen LogP contribution in [0.5, 0.6) is 0 Å². The molecule has 0 aliphatic heterocycles. The highest BCUT2D eigenvalue weighted by molar-refractivity contribution is 7.11. The molecular weight excluding hydrogens is 304 g/mol. The van der Waals surface area contributed by atoms with Gasteiger partial charge < -0.3 is 4.90 Å². The zero-order valence-electron chi connectivity index (χ0n) is 12.0. The summed E-state index contributed by atoms with van der Waals surface area (Å²) in [5.74, 6) is 0.635. The first-order chi connectivity index (χ1) is 10.0. The van der Waals surface area contributed by atoms with Gasteiger partial charge in [-0.05, 0) is 37.0 Å². The van der Waals surface area contributed by atoms with Crippen molar-refractivity contribution in [3.63, 3.8) is 0 Å². The molecule has 5 heteroatoms. The van der Waals surface area contributed by atoms with E-state index in [4.69, 9.17) is 11.6 Å². The van der Waals surface area contributed by atoms with Crippen molar-refractivity contribution in [3.05, 3.63) is 50.9 Å². The zero-order valence-corrected chi connectivity index (χ0v) is 13.6. The summed E-state index contributed by atoms with van der Waals surface area (Å²) in [6, 6.07) is 7.83. The third kappa shape index (κ3) is 3.27. The second-order valence-electron chi connectivity index (χ2n) is 5.54. The molecule has 2 aromatic rings. The summed E-state index contributed by atoms with van der Waals surface area (Å²) in [7, 11) is 1.87. The van der Waals surface area contributed by atoms with Crippen molar-refractivity contribution < 1.29 is 4.79 Å². The lowest BCUT2D eigenvalue weighted by Crippen LogP contribution is -2.27. The first kappa shape index (κ1) is 14.5. The lowest BCUT2D eigenvalue weighted by molar-refractivity contribution is -0.131. The molecule has 0 N–H and O–H groups in total. The van der Waals surface area contributed by atoms with Gasteiger partial charge in [0.1, 0.15) is 0 Å². The van der Waals surface area contributed by atoms with Gasteiger partial charge in [0.25, 0.3) is 0 Å². The molecule has 1 heterocycles. The summed E-state index contributed by atoms with van der Waals surface area (Å²) in [6.45, 7) is 2.62. The van der Waals surface area contributed by atoms with E-state index in [1.807, 2.05) is 43.3 Å². The van der Waals surface area contributed by atoms with Crippen LogP contribution < -0.4 is 0 Å². The van der Waals surface area contributed by atoms with E-state index >= 15 is 0 Å². The number of carbonyl (C=O) groups is 1. The quantitative estimate of drug-likeness (QED) is 0.857. The summed E-state index contributed by atoms with van der Waals surface area (Å²) in [4.78, 5) is 19.6. The van der Waals surface area contributed by atoms with E-state index in [9.17, 15) is 4.79 Å². The van der Waals surface area contributed by atoms with Crippen LogP contribution in [0.25, 0.3) is 0 Å². The van der Waals surface area contributed by atoms with Crippen LogP contribution in [0.2, 0.25) is 5.02 Å². The number of rotatable bonds is 4. The fourth-order valence-electron chi connectivity index (χ4n) is 2.65. The van der Waals surface area contributed by atoms with E-state index in [1.54, 1.807) is 11.3 Å². The first-order valence-corrected chi connectivity index (χ1v) is 8.16. The minimum atomic E-state index is 0.0995. The third-order valence-corrected chi connectivity index (χ3v) is 4.96. The molecule has 3 rings (SSSR count). The van der Waals surface area contributed by atoms with E-state index in [0.717, 1.165) is 21.3 Å². The standard InChI is InChI=1S/C16H17ClN2OS/c1-10-18-8-13(21-10)9-19(2)16(20)15-7-14(15)11-4-3-5-12(17)6-11/h3-6,8,14-15H,7,9H2,1-2H3/t14-,15-/m1/s1. The third-order valence-electron chi connectivity index (χ3n) is 3.82. The summed E-state index contributed by atoms with van der Waals surface area (Å²) < 4.78 is 0. The molecule has 0 saturated heterocycles. The second kappa shape index (κ2) is 5.78. The summed E-state index contributed by atoms with van der Waals surface area (Å²) in [5.41, 5.74) is 1.17. The van der Waals surface area contributed by atoms with Crippen molar-refractivity contribution in [2.24, 2.45) is 5.92 Å². The van der Waals surface area contributed by atoms with Gasteiger partial charge in [0.05, 0.1) is 11.6 Å². The Morgan fingerprint density at radius 1 is 1.52 bits per heavy atom. The van der Waals surface area contributed by atoms with Crippen LogP contribution in [0.3, 0.4) is 0 Å². The lowest BCUT2D eigenvalue weighted by atomic mass is 10.1. The van der Waals surface area contributed by atoms with E-state index < -0.39 is 0 Å². The minimum Gasteiger partial charge on any atom is -0.340 e. The van der Waals surface area contributed by atoms with Crippen LogP contribution in [0.1, 0.15) is 27.8 Å². The molecule has 1 amide bonds. The Hall–Kier alpha value is -1.39. The van der Waals surface area contributed by atoms with Gasteiger partial charge in [0.2, 0.25) is 5.91 Å². The molecule has 21 heavy (non-hydrogen) atoms. The fraction of sp³-hybridized carbons (Fsp3) is 0.375. The highest BCUT2D eigenvalue weighted by atomic mass is 35.5. The Bertz CT molecular complexity index is 670. The van der Waals surface area contributed by atoms with Crippen molar-refractivity contribution in [2.45, 2.75) is 25.8 Å². The molecule has 0 radical (unpaired) electrons. The van der Waals surface area contributed by atoms with Crippen LogP contribution in [0, 0.1) is 12.8 Å². The number of nitrogens with zero attached hydrogens (tertiary/aromatic N) is 2. The van der Waals surface area contributed by atoms with Crippen molar-refractivity contribution in [1.82, 2.24) is 9.88 Å². The lowest BCUT2D eigenvalue weighted by Gasteiger charge is -2.16. The molecule has 1 saturated carbocycles. The number of thiazole rings is 1. The average molecular weight is 321 g/mol. The Morgan fingerprint density at radius 2 is 2.33 bits per heavy atom. The first-order valence-electron chi connectivity index (χ1n) is 6.96. The fourth-order valence-corrected chi connectivity index (χ4v) is 3.69.